The minimum atomic E-state index is -0.175. The van der Waals surface area contributed by atoms with Crippen molar-refractivity contribution in [3.8, 4) is 11.1 Å². The molecule has 0 aromatic heterocycles. The van der Waals surface area contributed by atoms with Crippen molar-refractivity contribution in [1.82, 2.24) is 0 Å². The number of rotatable bonds is 4. The Morgan fingerprint density at radius 2 is 0.826 bits per heavy atom. The van der Waals surface area contributed by atoms with Gasteiger partial charge in [0, 0.05) is 50.8 Å². The van der Waals surface area contributed by atoms with Gasteiger partial charge in [-0.1, -0.05) is 211 Å². The highest BCUT2D eigenvalue weighted by Gasteiger charge is 2.59. The van der Waals surface area contributed by atoms with E-state index in [1.165, 1.54) is 154 Å². The highest BCUT2D eigenvalue weighted by atomic mass is 15.3. The minimum absolute atomic E-state index is 0.00599. The van der Waals surface area contributed by atoms with Crippen LogP contribution < -0.4 is 31.1 Å². The molecule has 86 heavy (non-hydrogen) atoms. The van der Waals surface area contributed by atoms with Crippen LogP contribution in [0.3, 0.4) is 0 Å². The van der Waals surface area contributed by atoms with Gasteiger partial charge in [0.15, 0.2) is 0 Å². The molecule has 7 aromatic rings. The van der Waals surface area contributed by atoms with Crippen LogP contribution in [0.5, 0.6) is 0 Å². The fourth-order valence-corrected chi connectivity index (χ4v) is 18.8. The van der Waals surface area contributed by atoms with Gasteiger partial charge in [-0.3, -0.25) is 0 Å². The van der Waals surface area contributed by atoms with Crippen LogP contribution in [0, 0.1) is 6.92 Å². The van der Waals surface area contributed by atoms with E-state index in [4.69, 9.17) is 0 Å². The Balaban J connectivity index is 1.18. The maximum atomic E-state index is 2.90. The molecule has 0 radical (unpaired) electrons. The number of hydrogen-bond acceptors (Lipinski definition) is 3. The minimum Gasteiger partial charge on any atom is -0.334 e. The van der Waals surface area contributed by atoms with Crippen molar-refractivity contribution in [3.05, 3.63) is 171 Å². The summed E-state index contributed by atoms with van der Waals surface area (Å²) in [5.41, 5.74) is 32.0. The molecule has 7 aliphatic rings. The smallest absolute Gasteiger partial charge is 0.252 e. The first-order valence-electron chi connectivity index (χ1n) is 33.5. The standard InChI is InChI=1S/C82H100BN3/c1-50-39-56-61(80(18,19)49-79(56,16)17)46-67(50)85-69-48-60-58(76(10,11)36-38-78(60,14)15)45-64(69)83-63-44-57-59(77(12,13)37-35-75(57,8)9)47-68(63)84(65-31-29-52(73(2,3)4)40-55(65)51-27-23-22-24-28-51)70-42-54(43-71(85)72(70)83)86-66-32-30-53(74(5,6)7)41-62(66)81(20)33-25-26-34-82(81,86)21/h22-24,27-32,39-48H,25-26,33-38,49H2,1-21H3. The lowest BCUT2D eigenvalue weighted by atomic mass is 9.32. The van der Waals surface area contributed by atoms with Crippen LogP contribution >= 0.6 is 0 Å². The van der Waals surface area contributed by atoms with Crippen LogP contribution in [0.25, 0.3) is 11.1 Å². The molecule has 4 aliphatic carbocycles. The van der Waals surface area contributed by atoms with Crippen LogP contribution in [-0.2, 0) is 48.7 Å². The third kappa shape index (κ3) is 8.17. The van der Waals surface area contributed by atoms with E-state index in [1.54, 1.807) is 0 Å². The second kappa shape index (κ2) is 18.1. The van der Waals surface area contributed by atoms with Gasteiger partial charge in [0.25, 0.3) is 6.71 Å². The predicted molar refractivity (Wildman–Crippen MR) is 372 cm³/mol. The maximum absolute atomic E-state index is 2.90. The summed E-state index contributed by atoms with van der Waals surface area (Å²) in [5.74, 6) is 0. The molecule has 1 fully saturated rings. The van der Waals surface area contributed by atoms with Gasteiger partial charge in [-0.2, -0.15) is 0 Å². The Hall–Kier alpha value is -6.00. The fourth-order valence-electron chi connectivity index (χ4n) is 18.8. The molecule has 14 rings (SSSR count). The molecule has 3 aliphatic heterocycles. The monoisotopic (exact) mass is 1140 g/mol. The van der Waals surface area contributed by atoms with Crippen molar-refractivity contribution in [1.29, 1.82) is 0 Å². The Morgan fingerprint density at radius 1 is 0.384 bits per heavy atom. The molecule has 0 bridgehead atoms. The van der Waals surface area contributed by atoms with E-state index in [1.807, 2.05) is 0 Å². The second-order valence-corrected chi connectivity index (χ2v) is 35.1. The number of nitrogens with zero attached hydrogens (tertiary/aromatic N) is 3. The van der Waals surface area contributed by atoms with Crippen LogP contribution in [0.2, 0.25) is 0 Å². The van der Waals surface area contributed by atoms with Crippen molar-refractivity contribution in [2.45, 2.75) is 257 Å². The first-order valence-corrected chi connectivity index (χ1v) is 33.5. The molecule has 2 atom stereocenters. The molecular weight excluding hydrogens is 1040 g/mol. The summed E-state index contributed by atoms with van der Waals surface area (Å²) in [6.07, 6.45) is 10.5. The number of benzene rings is 7. The van der Waals surface area contributed by atoms with E-state index < -0.39 is 0 Å². The predicted octanol–water partition coefficient (Wildman–Crippen LogP) is 20.7. The number of fused-ring (bicyclic) bond motifs is 10. The zero-order valence-electron chi connectivity index (χ0n) is 56.8. The maximum Gasteiger partial charge on any atom is 0.252 e. The van der Waals surface area contributed by atoms with Gasteiger partial charge in [-0.05, 0) is 228 Å². The normalized spacial score (nSPS) is 23.8. The second-order valence-electron chi connectivity index (χ2n) is 35.1. The lowest BCUT2D eigenvalue weighted by Gasteiger charge is -2.52. The summed E-state index contributed by atoms with van der Waals surface area (Å²) in [4.78, 5) is 8.57. The Labute approximate surface area is 519 Å². The van der Waals surface area contributed by atoms with Crippen molar-refractivity contribution >= 4 is 68.6 Å². The highest BCUT2D eigenvalue weighted by Crippen LogP contribution is 2.64. The first-order chi connectivity index (χ1) is 40.0. The molecule has 0 spiro atoms. The van der Waals surface area contributed by atoms with Gasteiger partial charge in [0.1, 0.15) is 0 Å². The van der Waals surface area contributed by atoms with Crippen LogP contribution in [0.4, 0.5) is 45.5 Å². The average molecular weight is 1140 g/mol. The van der Waals surface area contributed by atoms with Gasteiger partial charge < -0.3 is 14.7 Å². The van der Waals surface area contributed by atoms with Crippen LogP contribution in [-0.4, -0.2) is 12.3 Å². The van der Waals surface area contributed by atoms with Crippen molar-refractivity contribution < 1.29 is 0 Å². The molecular formula is C82H100BN3. The molecule has 3 heterocycles. The van der Waals surface area contributed by atoms with E-state index in [9.17, 15) is 0 Å². The third-order valence-corrected chi connectivity index (χ3v) is 24.3. The molecule has 3 nitrogen and oxygen atoms in total. The third-order valence-electron chi connectivity index (χ3n) is 24.3. The van der Waals surface area contributed by atoms with E-state index in [0.29, 0.717) is 0 Å². The Kier molecular flexibility index (Phi) is 12.1. The lowest BCUT2D eigenvalue weighted by molar-refractivity contribution is 0.195. The van der Waals surface area contributed by atoms with Gasteiger partial charge >= 0.3 is 0 Å². The summed E-state index contributed by atoms with van der Waals surface area (Å²) in [6, 6.07) is 48.3. The van der Waals surface area contributed by atoms with Gasteiger partial charge in [-0.25, -0.2) is 0 Å². The Morgan fingerprint density at radius 3 is 1.35 bits per heavy atom. The fraction of sp³-hybridized carbons (Fsp3) is 0.488. The van der Waals surface area contributed by atoms with Crippen LogP contribution in [0.1, 0.15) is 252 Å². The zero-order chi connectivity index (χ0) is 61.4. The van der Waals surface area contributed by atoms with Crippen molar-refractivity contribution in [2.75, 3.05) is 14.7 Å². The quantitative estimate of drug-likeness (QED) is 0.163. The topological polar surface area (TPSA) is 9.72 Å². The molecule has 2 unspecified atom stereocenters. The van der Waals surface area contributed by atoms with E-state index in [2.05, 4.69) is 275 Å². The van der Waals surface area contributed by atoms with Crippen molar-refractivity contribution in [3.63, 3.8) is 0 Å². The van der Waals surface area contributed by atoms with E-state index in [-0.39, 0.29) is 61.0 Å². The van der Waals surface area contributed by atoms with Gasteiger partial charge in [0.2, 0.25) is 0 Å². The molecule has 4 heteroatoms. The van der Waals surface area contributed by atoms with E-state index >= 15 is 0 Å². The summed E-state index contributed by atoms with van der Waals surface area (Å²) >= 11 is 0. The van der Waals surface area contributed by atoms with Crippen LogP contribution in [0.15, 0.2) is 115 Å². The number of anilines is 8. The SMILES string of the molecule is Cc1cc2c(cc1N1c3cc4c(cc3B3c5cc6c(cc5N(c5ccc(C(C)(C)C)cc5-c5ccccc5)c5cc(N7c8ccc(C(C)(C)C)cc8C8(C)CCCCC78C)cc1c53)C(C)(C)CCC6(C)C)C(C)(C)CCC4(C)C)C(C)(C)CC2(C)C. The molecule has 0 N–H and O–H groups in total. The molecule has 7 aromatic carbocycles. The zero-order valence-corrected chi connectivity index (χ0v) is 56.8. The van der Waals surface area contributed by atoms with Gasteiger partial charge in [0.05, 0.1) is 11.2 Å². The summed E-state index contributed by atoms with van der Waals surface area (Å²) in [7, 11) is 0. The Bertz CT molecular complexity index is 4020. The lowest BCUT2D eigenvalue weighted by Crippen LogP contribution is -2.62. The van der Waals surface area contributed by atoms with Gasteiger partial charge in [-0.15, -0.1) is 0 Å². The molecule has 446 valence electrons. The summed E-state index contributed by atoms with van der Waals surface area (Å²) < 4.78 is 0. The number of aryl methyl sites for hydroxylation is 1. The average Bonchev–Trinajstić information content (AvgIpc) is 1.10. The largest absolute Gasteiger partial charge is 0.334 e. The summed E-state index contributed by atoms with van der Waals surface area (Å²) in [5, 5.41) is 0. The highest BCUT2D eigenvalue weighted by molar-refractivity contribution is 7.00. The molecule has 0 amide bonds. The van der Waals surface area contributed by atoms with E-state index in [0.717, 1.165) is 32.1 Å². The molecule has 0 saturated heterocycles. The number of hydrogen-bond donors (Lipinski definition) is 0. The molecule has 1 saturated carbocycles. The summed E-state index contributed by atoms with van der Waals surface area (Å²) in [6.45, 7) is 52.3. The first kappa shape index (κ1) is 57.7. The van der Waals surface area contributed by atoms with Crippen molar-refractivity contribution in [2.24, 2.45) is 0 Å².